The van der Waals surface area contributed by atoms with E-state index in [1.165, 1.54) is 0 Å². The molecule has 0 unspecified atom stereocenters. The summed E-state index contributed by atoms with van der Waals surface area (Å²) in [6.45, 7) is 1.92. The lowest BCUT2D eigenvalue weighted by atomic mass is 9.70. The first-order valence-corrected chi connectivity index (χ1v) is 6.15. The lowest BCUT2D eigenvalue weighted by Gasteiger charge is -2.37. The summed E-state index contributed by atoms with van der Waals surface area (Å²) in [6, 6.07) is 1.63. The van der Waals surface area contributed by atoms with Crippen molar-refractivity contribution in [3.05, 3.63) is 21.9 Å². The molecule has 1 aliphatic carbocycles. The molecule has 1 saturated carbocycles. The van der Waals surface area contributed by atoms with Crippen LogP contribution >= 0.6 is 23.2 Å². The van der Waals surface area contributed by atoms with E-state index in [4.69, 9.17) is 23.2 Å². The third kappa shape index (κ3) is 2.68. The predicted octanol–water partition coefficient (Wildman–Crippen LogP) is 4.25. The molecule has 2 nitrogen and oxygen atoms in total. The number of aromatic nitrogens is 2. The van der Waals surface area contributed by atoms with E-state index in [0.29, 0.717) is 12.8 Å². The second-order valence-electron chi connectivity index (χ2n) is 4.79. The first-order valence-electron chi connectivity index (χ1n) is 5.39. The van der Waals surface area contributed by atoms with Gasteiger partial charge in [-0.25, -0.2) is 8.78 Å². The van der Waals surface area contributed by atoms with Gasteiger partial charge in [0.05, 0.1) is 0 Å². The van der Waals surface area contributed by atoms with Gasteiger partial charge in [-0.2, -0.15) is 0 Å². The van der Waals surface area contributed by atoms with E-state index < -0.39 is 11.3 Å². The Kier molecular flexibility index (Phi) is 3.29. The normalized spacial score (nSPS) is 22.4. The summed E-state index contributed by atoms with van der Waals surface area (Å²) in [6.07, 6.45) is 0.503. The molecule has 2 rings (SSSR count). The van der Waals surface area contributed by atoms with Crippen LogP contribution in [0.4, 0.5) is 8.78 Å². The van der Waals surface area contributed by atoms with Crippen molar-refractivity contribution in [1.82, 2.24) is 10.2 Å². The molecule has 94 valence electrons. The van der Waals surface area contributed by atoms with Gasteiger partial charge in [0.1, 0.15) is 0 Å². The molecule has 0 radical (unpaired) electrons. The van der Waals surface area contributed by atoms with E-state index in [9.17, 15) is 8.78 Å². The zero-order valence-electron chi connectivity index (χ0n) is 9.31. The number of halogens is 4. The average molecular weight is 281 g/mol. The quantitative estimate of drug-likeness (QED) is 0.769. The topological polar surface area (TPSA) is 25.8 Å². The first-order chi connectivity index (χ1) is 7.82. The SMILES string of the molecule is CC1(c2cc(Cl)nnc2Cl)CCC(F)(F)CC1. The van der Waals surface area contributed by atoms with Crippen LogP contribution in [0.2, 0.25) is 10.3 Å². The predicted molar refractivity (Wildman–Crippen MR) is 62.8 cm³/mol. The van der Waals surface area contributed by atoms with Gasteiger partial charge in [-0.3, -0.25) is 0 Å². The highest BCUT2D eigenvalue weighted by atomic mass is 35.5. The van der Waals surface area contributed by atoms with Crippen LogP contribution in [0.25, 0.3) is 0 Å². The van der Waals surface area contributed by atoms with Gasteiger partial charge in [0.25, 0.3) is 0 Å². The Hall–Kier alpha value is -0.480. The molecular formula is C11H12Cl2F2N2. The molecule has 17 heavy (non-hydrogen) atoms. The molecule has 0 N–H and O–H groups in total. The van der Waals surface area contributed by atoms with E-state index >= 15 is 0 Å². The van der Waals surface area contributed by atoms with Crippen LogP contribution in [0.5, 0.6) is 0 Å². The molecule has 1 fully saturated rings. The van der Waals surface area contributed by atoms with Gasteiger partial charge in [-0.1, -0.05) is 30.1 Å². The summed E-state index contributed by atoms with van der Waals surface area (Å²) < 4.78 is 26.3. The van der Waals surface area contributed by atoms with Crippen molar-refractivity contribution in [3.63, 3.8) is 0 Å². The number of rotatable bonds is 1. The highest BCUT2D eigenvalue weighted by Crippen LogP contribution is 2.46. The van der Waals surface area contributed by atoms with Gasteiger partial charge in [0.15, 0.2) is 10.3 Å². The summed E-state index contributed by atoms with van der Waals surface area (Å²) in [4.78, 5) is 0. The second-order valence-corrected chi connectivity index (χ2v) is 5.53. The Morgan fingerprint density at radius 1 is 1.12 bits per heavy atom. The summed E-state index contributed by atoms with van der Waals surface area (Å²) >= 11 is 11.7. The fourth-order valence-electron chi connectivity index (χ4n) is 2.21. The van der Waals surface area contributed by atoms with E-state index in [0.717, 1.165) is 5.56 Å². The summed E-state index contributed by atoms with van der Waals surface area (Å²) in [5.41, 5.74) is 0.327. The van der Waals surface area contributed by atoms with Gasteiger partial charge in [0, 0.05) is 18.4 Å². The highest BCUT2D eigenvalue weighted by molar-refractivity contribution is 6.31. The van der Waals surface area contributed by atoms with Crippen LogP contribution in [-0.4, -0.2) is 16.1 Å². The highest BCUT2D eigenvalue weighted by Gasteiger charge is 2.42. The van der Waals surface area contributed by atoms with Gasteiger partial charge in [-0.15, -0.1) is 10.2 Å². The van der Waals surface area contributed by atoms with Crippen LogP contribution in [0.3, 0.4) is 0 Å². The zero-order chi connectivity index (χ0) is 12.7. The Morgan fingerprint density at radius 3 is 2.29 bits per heavy atom. The molecule has 0 bridgehead atoms. The molecule has 0 aliphatic heterocycles. The van der Waals surface area contributed by atoms with Crippen molar-refractivity contribution in [2.75, 3.05) is 0 Å². The van der Waals surface area contributed by atoms with Crippen molar-refractivity contribution in [1.29, 1.82) is 0 Å². The molecule has 1 aromatic heterocycles. The molecule has 0 aromatic carbocycles. The van der Waals surface area contributed by atoms with E-state index in [-0.39, 0.29) is 23.1 Å². The van der Waals surface area contributed by atoms with Gasteiger partial charge >= 0.3 is 0 Å². The van der Waals surface area contributed by atoms with Crippen LogP contribution < -0.4 is 0 Å². The summed E-state index contributed by atoms with van der Waals surface area (Å²) in [7, 11) is 0. The molecule has 1 aromatic rings. The van der Waals surface area contributed by atoms with Gasteiger partial charge in [-0.05, 0) is 24.3 Å². The van der Waals surface area contributed by atoms with Crippen molar-refractivity contribution in [3.8, 4) is 0 Å². The smallest absolute Gasteiger partial charge is 0.207 e. The molecule has 1 heterocycles. The number of alkyl halides is 2. The largest absolute Gasteiger partial charge is 0.248 e. The van der Waals surface area contributed by atoms with E-state index in [1.54, 1.807) is 6.07 Å². The fraction of sp³-hybridized carbons (Fsp3) is 0.636. The van der Waals surface area contributed by atoms with Crippen LogP contribution in [0.1, 0.15) is 38.2 Å². The average Bonchev–Trinajstić information content (AvgIpc) is 2.26. The van der Waals surface area contributed by atoms with Crippen molar-refractivity contribution in [2.24, 2.45) is 0 Å². The van der Waals surface area contributed by atoms with Gasteiger partial charge < -0.3 is 0 Å². The van der Waals surface area contributed by atoms with E-state index in [1.807, 2.05) is 6.92 Å². The van der Waals surface area contributed by atoms with Crippen molar-refractivity contribution in [2.45, 2.75) is 43.9 Å². The van der Waals surface area contributed by atoms with Crippen LogP contribution in [0.15, 0.2) is 6.07 Å². The Labute approximate surface area is 108 Å². The standard InChI is InChI=1S/C11H12Cl2F2N2/c1-10(2-4-11(14,15)5-3-10)7-6-8(12)16-17-9(7)13/h6H,2-5H2,1H3. The second kappa shape index (κ2) is 4.32. The number of hydrogen-bond acceptors (Lipinski definition) is 2. The minimum Gasteiger partial charge on any atom is -0.207 e. The maximum atomic E-state index is 13.2. The Balaban J connectivity index is 2.30. The third-order valence-corrected chi connectivity index (χ3v) is 3.92. The maximum Gasteiger partial charge on any atom is 0.248 e. The molecule has 0 atom stereocenters. The zero-order valence-corrected chi connectivity index (χ0v) is 10.8. The Morgan fingerprint density at radius 2 is 1.71 bits per heavy atom. The Bertz CT molecular complexity index is 427. The lowest BCUT2D eigenvalue weighted by molar-refractivity contribution is -0.0498. The lowest BCUT2D eigenvalue weighted by Crippen LogP contribution is -2.34. The summed E-state index contributed by atoms with van der Waals surface area (Å²) in [5, 5.41) is 7.85. The van der Waals surface area contributed by atoms with Crippen molar-refractivity contribution < 1.29 is 8.78 Å². The van der Waals surface area contributed by atoms with Crippen LogP contribution in [0, 0.1) is 0 Å². The van der Waals surface area contributed by atoms with Crippen LogP contribution in [-0.2, 0) is 5.41 Å². The molecule has 1 aliphatic rings. The third-order valence-electron chi connectivity index (χ3n) is 3.45. The molecule has 0 amide bonds. The minimum atomic E-state index is -2.56. The molecule has 0 saturated heterocycles. The first kappa shape index (κ1) is 13.0. The van der Waals surface area contributed by atoms with Gasteiger partial charge in [0.2, 0.25) is 5.92 Å². The molecule has 0 spiro atoms. The molecule has 6 heteroatoms. The van der Waals surface area contributed by atoms with Crippen molar-refractivity contribution >= 4 is 23.2 Å². The fourth-order valence-corrected chi connectivity index (χ4v) is 2.68. The number of hydrogen-bond donors (Lipinski definition) is 0. The minimum absolute atomic E-state index is 0.125. The maximum absolute atomic E-state index is 13.2. The summed E-state index contributed by atoms with van der Waals surface area (Å²) in [5.74, 6) is -2.56. The molecular weight excluding hydrogens is 269 g/mol. The monoisotopic (exact) mass is 280 g/mol. The van der Waals surface area contributed by atoms with E-state index in [2.05, 4.69) is 10.2 Å². The number of nitrogens with zero attached hydrogens (tertiary/aromatic N) is 2.